The molecule has 1 fully saturated rings. The Balaban J connectivity index is 1.99. The molecule has 2 aliphatic rings. The number of fused-ring (bicyclic) bond motifs is 1. The number of nitrogens with zero attached hydrogens (tertiary/aromatic N) is 2. The number of piperidine rings is 1. The molecule has 5 nitrogen and oxygen atoms in total. The maximum atomic E-state index is 13.3. The number of nitroso groups, excluding NO2 is 1. The summed E-state index contributed by atoms with van der Waals surface area (Å²) in [5, 5.41) is 13.3. The van der Waals surface area contributed by atoms with E-state index in [-0.39, 0.29) is 6.54 Å². The highest BCUT2D eigenvalue weighted by atomic mass is 16.6. The zero-order valence-electron chi connectivity index (χ0n) is 12.5. The van der Waals surface area contributed by atoms with Gasteiger partial charge in [-0.3, -0.25) is 0 Å². The molecule has 0 aliphatic carbocycles. The van der Waals surface area contributed by atoms with Gasteiger partial charge in [0, 0.05) is 35.8 Å². The molecule has 5 heteroatoms. The Morgan fingerprint density at radius 3 is 2.86 bits per heavy atom. The average Bonchev–Trinajstić information content (AvgIpc) is 2.80. The van der Waals surface area contributed by atoms with E-state index in [1.54, 1.807) is 0 Å². The molecule has 1 aromatic carbocycles. The van der Waals surface area contributed by atoms with Gasteiger partial charge in [-0.1, -0.05) is 19.9 Å². The largest absolute Gasteiger partial charge is 0.627 e. The van der Waals surface area contributed by atoms with Gasteiger partial charge in [0.25, 0.3) is 0 Å². The maximum absolute atomic E-state index is 13.3. The van der Waals surface area contributed by atoms with Gasteiger partial charge in [-0.2, -0.15) is 0 Å². The second kappa shape index (κ2) is 5.00. The van der Waals surface area contributed by atoms with E-state index in [1.807, 2.05) is 12.1 Å². The molecule has 2 unspecified atom stereocenters. The van der Waals surface area contributed by atoms with Crippen LogP contribution < -0.4 is 4.65 Å². The first kappa shape index (κ1) is 14.4. The number of carbonyl (C=O) groups is 1. The first-order chi connectivity index (χ1) is 9.93. The fourth-order valence-corrected chi connectivity index (χ4v) is 3.48. The molecule has 0 aromatic heterocycles. The van der Waals surface area contributed by atoms with Crippen molar-refractivity contribution in [3.8, 4) is 0 Å². The quantitative estimate of drug-likeness (QED) is 0.478. The number of amides is 1. The van der Waals surface area contributed by atoms with Crippen molar-refractivity contribution in [2.24, 2.45) is 0 Å². The number of carbonyl (C=O) groups excluding carboxylic acids is 1. The van der Waals surface area contributed by atoms with E-state index in [0.29, 0.717) is 42.2 Å². The van der Waals surface area contributed by atoms with Crippen LogP contribution in [-0.2, 0) is 11.2 Å². The molecule has 2 aliphatic heterocycles. The second-order valence-electron chi connectivity index (χ2n) is 6.41. The molecule has 0 spiro atoms. The highest BCUT2D eigenvalue weighted by molar-refractivity contribution is 5.78. The SMILES string of the molecule is CC(C)c1ccc2c(c1)CC[N+]2([O-])C1CCC[N+](=O)C1=O. The van der Waals surface area contributed by atoms with E-state index in [9.17, 15) is 14.9 Å². The predicted molar refractivity (Wildman–Crippen MR) is 80.8 cm³/mol. The summed E-state index contributed by atoms with van der Waals surface area (Å²) >= 11 is 0. The number of hydrogen-bond acceptors (Lipinski definition) is 3. The smallest absolute Gasteiger partial charge is 0.490 e. The number of quaternary nitrogens is 1. The van der Waals surface area contributed by atoms with E-state index >= 15 is 0 Å². The monoisotopic (exact) mass is 289 g/mol. The van der Waals surface area contributed by atoms with Crippen molar-refractivity contribution >= 4 is 11.6 Å². The average molecular weight is 289 g/mol. The van der Waals surface area contributed by atoms with Gasteiger partial charge in [0.15, 0.2) is 0 Å². The lowest BCUT2D eigenvalue weighted by Gasteiger charge is -2.43. The molecule has 2 heterocycles. The van der Waals surface area contributed by atoms with Crippen LogP contribution in [0.1, 0.15) is 43.7 Å². The Labute approximate surface area is 124 Å². The lowest BCUT2D eigenvalue weighted by atomic mass is 9.99. The molecule has 2 atom stereocenters. The van der Waals surface area contributed by atoms with Crippen molar-refractivity contribution in [1.82, 2.24) is 4.65 Å². The van der Waals surface area contributed by atoms with Gasteiger partial charge in [-0.05, 0) is 17.5 Å². The fraction of sp³-hybridized carbons (Fsp3) is 0.562. The molecular weight excluding hydrogens is 268 g/mol. The Hall–Kier alpha value is -1.59. The first-order valence-electron chi connectivity index (χ1n) is 7.64. The second-order valence-corrected chi connectivity index (χ2v) is 6.41. The highest BCUT2D eigenvalue weighted by Gasteiger charge is 2.50. The Kier molecular flexibility index (Phi) is 3.42. The van der Waals surface area contributed by atoms with Crippen molar-refractivity contribution in [2.45, 2.75) is 45.1 Å². The number of hydrogen-bond donors (Lipinski definition) is 0. The standard InChI is InChI=1S/C16H21N2O3/c1-11(2)12-5-6-14-13(10-12)7-9-18(14,21)15-4-3-8-17(20)16(15)19/h5-6,10-11,15H,3-4,7-9H2,1-2H3/q+1. The molecule has 1 saturated heterocycles. The minimum Gasteiger partial charge on any atom is -0.627 e. The normalized spacial score (nSPS) is 29.0. The third-order valence-corrected chi connectivity index (χ3v) is 4.76. The van der Waals surface area contributed by atoms with Crippen LogP contribution in [0.15, 0.2) is 18.2 Å². The summed E-state index contributed by atoms with van der Waals surface area (Å²) in [4.78, 5) is 23.7. The van der Waals surface area contributed by atoms with Crippen molar-refractivity contribution in [2.75, 3.05) is 13.1 Å². The molecular formula is C16H21N2O3+. The van der Waals surface area contributed by atoms with Gasteiger partial charge in [-0.15, -0.1) is 0 Å². The minimum atomic E-state index is -0.762. The third kappa shape index (κ3) is 2.21. The molecule has 1 amide bonds. The van der Waals surface area contributed by atoms with Crippen LogP contribution in [-0.4, -0.2) is 29.8 Å². The zero-order valence-corrected chi connectivity index (χ0v) is 12.5. The molecule has 1 aromatic rings. The molecule has 0 saturated carbocycles. The lowest BCUT2D eigenvalue weighted by Crippen LogP contribution is -2.58. The van der Waals surface area contributed by atoms with Crippen molar-refractivity contribution in [1.29, 1.82) is 0 Å². The summed E-state index contributed by atoms with van der Waals surface area (Å²) < 4.78 is -0.183. The van der Waals surface area contributed by atoms with Crippen LogP contribution in [0.5, 0.6) is 0 Å². The predicted octanol–water partition coefficient (Wildman–Crippen LogP) is 2.64. The van der Waals surface area contributed by atoms with Crippen LogP contribution in [0.2, 0.25) is 0 Å². The summed E-state index contributed by atoms with van der Waals surface area (Å²) in [5.41, 5.74) is 2.92. The van der Waals surface area contributed by atoms with E-state index in [1.165, 1.54) is 5.56 Å². The van der Waals surface area contributed by atoms with E-state index in [2.05, 4.69) is 19.9 Å². The van der Waals surface area contributed by atoms with Crippen LogP contribution >= 0.6 is 0 Å². The lowest BCUT2D eigenvalue weighted by molar-refractivity contribution is -0.479. The van der Waals surface area contributed by atoms with Crippen LogP contribution in [0, 0.1) is 10.1 Å². The zero-order chi connectivity index (χ0) is 15.2. The Morgan fingerprint density at radius 1 is 1.38 bits per heavy atom. The summed E-state index contributed by atoms with van der Waals surface area (Å²) in [6, 6.07) is 5.16. The van der Waals surface area contributed by atoms with Gasteiger partial charge >= 0.3 is 5.91 Å². The van der Waals surface area contributed by atoms with E-state index in [4.69, 9.17) is 0 Å². The summed E-state index contributed by atoms with van der Waals surface area (Å²) in [5.74, 6) is -0.130. The summed E-state index contributed by atoms with van der Waals surface area (Å²) in [6.45, 7) is 4.82. The molecule has 3 rings (SSSR count). The van der Waals surface area contributed by atoms with Crippen molar-refractivity contribution < 1.29 is 9.55 Å². The van der Waals surface area contributed by atoms with Gasteiger partial charge < -0.3 is 9.85 Å². The van der Waals surface area contributed by atoms with Crippen LogP contribution in [0.4, 0.5) is 5.69 Å². The van der Waals surface area contributed by atoms with Gasteiger partial charge in [0.2, 0.25) is 12.6 Å². The molecule has 112 valence electrons. The van der Waals surface area contributed by atoms with E-state index in [0.717, 1.165) is 5.56 Å². The summed E-state index contributed by atoms with van der Waals surface area (Å²) in [7, 11) is 0. The molecule has 0 radical (unpaired) electrons. The van der Waals surface area contributed by atoms with Gasteiger partial charge in [0.1, 0.15) is 5.69 Å². The van der Waals surface area contributed by atoms with Crippen molar-refractivity contribution in [3.05, 3.63) is 39.4 Å². The van der Waals surface area contributed by atoms with Crippen LogP contribution in [0.25, 0.3) is 0 Å². The maximum Gasteiger partial charge on any atom is 0.490 e. The molecule has 21 heavy (non-hydrogen) atoms. The Bertz CT molecular complexity index is 612. The third-order valence-electron chi connectivity index (χ3n) is 4.76. The van der Waals surface area contributed by atoms with E-state index < -0.39 is 16.6 Å². The number of hydroxylamine groups is 2. The van der Waals surface area contributed by atoms with Crippen LogP contribution in [0.3, 0.4) is 0 Å². The minimum absolute atomic E-state index is 0.217. The number of rotatable bonds is 2. The highest BCUT2D eigenvalue weighted by Crippen LogP contribution is 2.39. The molecule has 0 N–H and O–H groups in total. The first-order valence-corrected chi connectivity index (χ1v) is 7.64. The molecule has 0 bridgehead atoms. The Morgan fingerprint density at radius 2 is 2.14 bits per heavy atom. The summed E-state index contributed by atoms with van der Waals surface area (Å²) in [6.07, 6.45) is 1.80. The number of benzene rings is 1. The van der Waals surface area contributed by atoms with Gasteiger partial charge in [-0.25, -0.2) is 4.79 Å². The fourth-order valence-electron chi connectivity index (χ4n) is 3.48. The van der Waals surface area contributed by atoms with Crippen molar-refractivity contribution in [3.63, 3.8) is 0 Å². The topological polar surface area (TPSA) is 60.2 Å². The van der Waals surface area contributed by atoms with Gasteiger partial charge in [0.05, 0.1) is 11.3 Å².